The molecule has 1 aromatic rings. The Kier molecular flexibility index (Phi) is 3.94. The summed E-state index contributed by atoms with van der Waals surface area (Å²) in [4.78, 5) is 23.3. The van der Waals surface area contributed by atoms with Crippen LogP contribution in [0.25, 0.3) is 0 Å². The summed E-state index contributed by atoms with van der Waals surface area (Å²) >= 11 is 3.30. The number of ketones is 1. The molecule has 1 saturated carbocycles. The predicted molar refractivity (Wildman–Crippen MR) is 66.8 cm³/mol. The molecule has 0 saturated heterocycles. The number of hydrogen-bond donors (Lipinski definition) is 0. The molecule has 0 N–H and O–H groups in total. The molecular weight excluding hydrogens is 284 g/mol. The largest absolute Gasteiger partial charge is 0.451 e. The summed E-state index contributed by atoms with van der Waals surface area (Å²) in [6.07, 6.45) is 2.49. The molecule has 1 unspecified atom stereocenters. The molecule has 1 aliphatic rings. The Morgan fingerprint density at radius 2 is 1.94 bits per heavy atom. The van der Waals surface area contributed by atoms with E-state index in [1.807, 2.05) is 0 Å². The van der Waals surface area contributed by atoms with E-state index >= 15 is 0 Å². The van der Waals surface area contributed by atoms with E-state index in [1.54, 1.807) is 24.3 Å². The van der Waals surface area contributed by atoms with Crippen molar-refractivity contribution in [2.75, 3.05) is 0 Å². The fourth-order valence-corrected chi connectivity index (χ4v) is 2.12. The van der Waals surface area contributed by atoms with Crippen molar-refractivity contribution in [2.24, 2.45) is 0 Å². The van der Waals surface area contributed by atoms with Gasteiger partial charge in [-0.3, -0.25) is 4.79 Å². The second kappa shape index (κ2) is 5.45. The molecular formula is C13H13BrO3. The minimum atomic E-state index is -0.542. The number of esters is 1. The van der Waals surface area contributed by atoms with E-state index in [1.165, 1.54) is 0 Å². The minimum absolute atomic E-state index is 0.0433. The molecule has 0 aromatic heterocycles. The van der Waals surface area contributed by atoms with Crippen LogP contribution >= 0.6 is 15.9 Å². The standard InChI is InChI=1S/C13H13BrO3/c14-10-7-5-9(6-8-10)13(16)17-12-4-2-1-3-11(12)15/h5-8,12H,1-4H2. The van der Waals surface area contributed by atoms with Crippen molar-refractivity contribution < 1.29 is 14.3 Å². The van der Waals surface area contributed by atoms with Crippen LogP contribution in [0.3, 0.4) is 0 Å². The van der Waals surface area contributed by atoms with Crippen molar-refractivity contribution in [1.29, 1.82) is 0 Å². The number of hydrogen-bond acceptors (Lipinski definition) is 3. The molecule has 1 aliphatic carbocycles. The van der Waals surface area contributed by atoms with E-state index in [4.69, 9.17) is 4.74 Å². The Morgan fingerprint density at radius 1 is 1.24 bits per heavy atom. The molecule has 0 heterocycles. The summed E-state index contributed by atoms with van der Waals surface area (Å²) in [5.74, 6) is -0.375. The highest BCUT2D eigenvalue weighted by atomic mass is 79.9. The zero-order valence-electron chi connectivity index (χ0n) is 9.32. The summed E-state index contributed by atoms with van der Waals surface area (Å²) in [5, 5.41) is 0. The number of carbonyl (C=O) groups excluding carboxylic acids is 2. The number of Topliss-reactive ketones (excluding diaryl/α,β-unsaturated/α-hetero) is 1. The fraction of sp³-hybridized carbons (Fsp3) is 0.385. The Labute approximate surface area is 108 Å². The Hall–Kier alpha value is -1.16. The third-order valence-corrected chi connectivity index (χ3v) is 3.36. The second-order valence-corrected chi connectivity index (χ2v) is 5.03. The van der Waals surface area contributed by atoms with Gasteiger partial charge in [-0.1, -0.05) is 15.9 Å². The topological polar surface area (TPSA) is 43.4 Å². The smallest absolute Gasteiger partial charge is 0.338 e. The summed E-state index contributed by atoms with van der Waals surface area (Å²) in [6.45, 7) is 0. The fourth-order valence-electron chi connectivity index (χ4n) is 1.86. The van der Waals surface area contributed by atoms with Gasteiger partial charge in [0.15, 0.2) is 11.9 Å². The van der Waals surface area contributed by atoms with E-state index in [-0.39, 0.29) is 5.78 Å². The lowest BCUT2D eigenvalue weighted by molar-refractivity contribution is -0.129. The van der Waals surface area contributed by atoms with Crippen LogP contribution < -0.4 is 0 Å². The van der Waals surface area contributed by atoms with Gasteiger partial charge in [0.2, 0.25) is 0 Å². The molecule has 1 atom stereocenters. The van der Waals surface area contributed by atoms with Gasteiger partial charge in [-0.15, -0.1) is 0 Å². The maximum absolute atomic E-state index is 11.8. The highest BCUT2D eigenvalue weighted by Gasteiger charge is 2.26. The van der Waals surface area contributed by atoms with E-state index in [0.29, 0.717) is 18.4 Å². The van der Waals surface area contributed by atoms with Crippen molar-refractivity contribution in [3.05, 3.63) is 34.3 Å². The first-order valence-corrected chi connectivity index (χ1v) is 6.45. The lowest BCUT2D eigenvalue weighted by atomic mass is 9.96. The zero-order chi connectivity index (χ0) is 12.3. The lowest BCUT2D eigenvalue weighted by Crippen LogP contribution is -2.30. The van der Waals surface area contributed by atoms with Gasteiger partial charge >= 0.3 is 5.97 Å². The van der Waals surface area contributed by atoms with Crippen LogP contribution in [0.5, 0.6) is 0 Å². The van der Waals surface area contributed by atoms with E-state index in [0.717, 1.165) is 17.3 Å². The van der Waals surface area contributed by atoms with Gasteiger partial charge in [0.1, 0.15) is 0 Å². The van der Waals surface area contributed by atoms with Gasteiger partial charge in [0.05, 0.1) is 5.56 Å². The quantitative estimate of drug-likeness (QED) is 0.788. The molecule has 2 rings (SSSR count). The monoisotopic (exact) mass is 296 g/mol. The van der Waals surface area contributed by atoms with Crippen molar-refractivity contribution in [3.8, 4) is 0 Å². The lowest BCUT2D eigenvalue weighted by Gasteiger charge is -2.20. The van der Waals surface area contributed by atoms with Crippen LogP contribution in [0.1, 0.15) is 36.0 Å². The van der Waals surface area contributed by atoms with Crippen molar-refractivity contribution >= 4 is 27.7 Å². The summed E-state index contributed by atoms with van der Waals surface area (Å²) < 4.78 is 6.13. The highest BCUT2D eigenvalue weighted by molar-refractivity contribution is 9.10. The number of benzene rings is 1. The molecule has 17 heavy (non-hydrogen) atoms. The third-order valence-electron chi connectivity index (χ3n) is 2.83. The van der Waals surface area contributed by atoms with Crippen LogP contribution in [0, 0.1) is 0 Å². The summed E-state index contributed by atoms with van der Waals surface area (Å²) in [5.41, 5.74) is 0.478. The number of rotatable bonds is 2. The SMILES string of the molecule is O=C(OC1CCCCC1=O)c1ccc(Br)cc1. The van der Waals surface area contributed by atoms with Crippen LogP contribution in [0.2, 0.25) is 0 Å². The van der Waals surface area contributed by atoms with E-state index in [9.17, 15) is 9.59 Å². The normalized spacial score (nSPS) is 20.1. The molecule has 0 amide bonds. The minimum Gasteiger partial charge on any atom is -0.451 e. The average molecular weight is 297 g/mol. The van der Waals surface area contributed by atoms with Crippen LogP contribution in [0.4, 0.5) is 0 Å². The molecule has 90 valence electrons. The predicted octanol–water partition coefficient (Wildman–Crippen LogP) is 3.12. The molecule has 0 spiro atoms. The van der Waals surface area contributed by atoms with Crippen LogP contribution in [-0.4, -0.2) is 17.9 Å². The van der Waals surface area contributed by atoms with Crippen molar-refractivity contribution in [1.82, 2.24) is 0 Å². The Balaban J connectivity index is 2.01. The van der Waals surface area contributed by atoms with Gasteiger partial charge in [0.25, 0.3) is 0 Å². The van der Waals surface area contributed by atoms with Crippen molar-refractivity contribution in [2.45, 2.75) is 31.8 Å². The number of carbonyl (C=O) groups is 2. The Bertz CT molecular complexity index is 425. The zero-order valence-corrected chi connectivity index (χ0v) is 10.9. The second-order valence-electron chi connectivity index (χ2n) is 4.11. The number of halogens is 1. The van der Waals surface area contributed by atoms with Crippen molar-refractivity contribution in [3.63, 3.8) is 0 Å². The molecule has 0 radical (unpaired) electrons. The van der Waals surface area contributed by atoms with Gasteiger partial charge in [0, 0.05) is 10.9 Å². The van der Waals surface area contributed by atoms with Crippen LogP contribution in [-0.2, 0) is 9.53 Å². The van der Waals surface area contributed by atoms with E-state index in [2.05, 4.69) is 15.9 Å². The molecule has 0 aliphatic heterocycles. The maximum Gasteiger partial charge on any atom is 0.338 e. The molecule has 3 nitrogen and oxygen atoms in total. The molecule has 1 fully saturated rings. The van der Waals surface area contributed by atoms with Crippen LogP contribution in [0.15, 0.2) is 28.7 Å². The first-order valence-electron chi connectivity index (χ1n) is 5.66. The maximum atomic E-state index is 11.8. The first-order chi connectivity index (χ1) is 8.16. The molecule has 0 bridgehead atoms. The van der Waals surface area contributed by atoms with Gasteiger partial charge in [-0.25, -0.2) is 4.79 Å². The highest BCUT2D eigenvalue weighted by Crippen LogP contribution is 2.19. The first kappa shape index (κ1) is 12.3. The van der Waals surface area contributed by atoms with Gasteiger partial charge in [-0.2, -0.15) is 0 Å². The Morgan fingerprint density at radius 3 is 2.59 bits per heavy atom. The van der Waals surface area contributed by atoms with Gasteiger partial charge in [-0.05, 0) is 43.5 Å². The molecule has 4 heteroatoms. The molecule has 1 aromatic carbocycles. The summed E-state index contributed by atoms with van der Waals surface area (Å²) in [7, 11) is 0. The van der Waals surface area contributed by atoms with Gasteiger partial charge < -0.3 is 4.74 Å². The summed E-state index contributed by atoms with van der Waals surface area (Å²) in [6, 6.07) is 6.91. The number of ether oxygens (including phenoxy) is 1. The third kappa shape index (κ3) is 3.16. The average Bonchev–Trinajstić information content (AvgIpc) is 2.33. The van der Waals surface area contributed by atoms with E-state index < -0.39 is 12.1 Å².